The second-order valence-electron chi connectivity index (χ2n) is 6.04. The van der Waals surface area contributed by atoms with E-state index in [1.165, 1.54) is 13.1 Å². The van der Waals surface area contributed by atoms with E-state index in [0.29, 0.717) is 10.8 Å². The Bertz CT molecular complexity index is 615. The molecular formula is C17H22ClN3O4. The molecule has 1 aliphatic carbocycles. The molecule has 0 saturated heterocycles. The van der Waals surface area contributed by atoms with Gasteiger partial charge in [-0.2, -0.15) is 0 Å². The van der Waals surface area contributed by atoms with Gasteiger partial charge in [0.1, 0.15) is 12.4 Å². The van der Waals surface area contributed by atoms with Crippen molar-refractivity contribution in [2.75, 3.05) is 11.9 Å². The molecule has 1 aromatic heterocycles. The van der Waals surface area contributed by atoms with E-state index in [9.17, 15) is 14.4 Å². The quantitative estimate of drug-likeness (QED) is 0.752. The highest BCUT2D eigenvalue weighted by molar-refractivity contribution is 6.30. The number of pyridine rings is 1. The van der Waals surface area contributed by atoms with Crippen molar-refractivity contribution >= 4 is 35.2 Å². The van der Waals surface area contributed by atoms with Crippen LogP contribution in [-0.4, -0.2) is 35.4 Å². The molecule has 0 spiro atoms. The van der Waals surface area contributed by atoms with Crippen LogP contribution in [0.25, 0.3) is 0 Å². The Morgan fingerprint density at radius 2 is 2.00 bits per heavy atom. The molecule has 2 rings (SSSR count). The molecule has 2 N–H and O–H groups in total. The number of rotatable bonds is 6. The number of carbonyl (C=O) groups is 3. The van der Waals surface area contributed by atoms with Gasteiger partial charge < -0.3 is 15.4 Å². The molecule has 7 nitrogen and oxygen atoms in total. The molecule has 1 aromatic rings. The lowest BCUT2D eigenvalue weighted by Gasteiger charge is -2.20. The van der Waals surface area contributed by atoms with Gasteiger partial charge in [0.2, 0.25) is 5.91 Å². The van der Waals surface area contributed by atoms with Crippen molar-refractivity contribution < 1.29 is 19.1 Å². The van der Waals surface area contributed by atoms with Crippen molar-refractivity contribution in [3.05, 3.63) is 23.4 Å². The zero-order valence-corrected chi connectivity index (χ0v) is 14.8. The minimum absolute atomic E-state index is 0.0294. The lowest BCUT2D eigenvalue weighted by Crippen LogP contribution is -2.38. The van der Waals surface area contributed by atoms with Crippen molar-refractivity contribution in [2.45, 2.75) is 45.1 Å². The standard InChI is InChI=1S/C17H22ClN3O4/c1-11(16(23)21-14-8-7-13(18)9-19-14)25-15(22)10-20-17(24)12-5-3-2-4-6-12/h7-9,11-12H,2-6,10H2,1H3,(H,20,24)(H,19,21,23). The Hall–Kier alpha value is -2.15. The summed E-state index contributed by atoms with van der Waals surface area (Å²) in [7, 11) is 0. The number of ether oxygens (including phenoxy) is 1. The maximum atomic E-state index is 12.0. The van der Waals surface area contributed by atoms with Crippen LogP contribution in [0, 0.1) is 5.92 Å². The van der Waals surface area contributed by atoms with Crippen LogP contribution in [0.2, 0.25) is 5.02 Å². The monoisotopic (exact) mass is 367 g/mol. The molecule has 2 amide bonds. The smallest absolute Gasteiger partial charge is 0.326 e. The number of nitrogens with zero attached hydrogens (tertiary/aromatic N) is 1. The number of aromatic nitrogens is 1. The van der Waals surface area contributed by atoms with Crippen LogP contribution in [0.5, 0.6) is 0 Å². The van der Waals surface area contributed by atoms with E-state index >= 15 is 0 Å². The van der Waals surface area contributed by atoms with Crippen molar-refractivity contribution in [3.8, 4) is 0 Å². The molecule has 0 bridgehead atoms. The first-order valence-corrected chi connectivity index (χ1v) is 8.73. The summed E-state index contributed by atoms with van der Waals surface area (Å²) in [4.78, 5) is 39.7. The topological polar surface area (TPSA) is 97.4 Å². The summed E-state index contributed by atoms with van der Waals surface area (Å²) in [5, 5.41) is 5.55. The van der Waals surface area contributed by atoms with Gasteiger partial charge in [-0.25, -0.2) is 4.98 Å². The van der Waals surface area contributed by atoms with E-state index in [0.717, 1.165) is 32.1 Å². The molecule has 1 atom stereocenters. The number of hydrogen-bond donors (Lipinski definition) is 2. The fourth-order valence-corrected chi connectivity index (χ4v) is 2.75. The zero-order valence-electron chi connectivity index (χ0n) is 14.1. The second kappa shape index (κ2) is 9.36. The number of nitrogens with one attached hydrogen (secondary N) is 2. The number of halogens is 1. The third kappa shape index (κ3) is 6.34. The third-order valence-electron chi connectivity index (χ3n) is 4.04. The Morgan fingerprint density at radius 1 is 1.28 bits per heavy atom. The summed E-state index contributed by atoms with van der Waals surface area (Å²) < 4.78 is 5.03. The molecule has 0 radical (unpaired) electrons. The first-order chi connectivity index (χ1) is 12.0. The highest BCUT2D eigenvalue weighted by Crippen LogP contribution is 2.23. The van der Waals surface area contributed by atoms with Gasteiger partial charge in [0.15, 0.2) is 6.10 Å². The van der Waals surface area contributed by atoms with E-state index in [1.54, 1.807) is 12.1 Å². The van der Waals surface area contributed by atoms with Crippen LogP contribution in [0.4, 0.5) is 5.82 Å². The highest BCUT2D eigenvalue weighted by atomic mass is 35.5. The van der Waals surface area contributed by atoms with Crippen LogP contribution in [-0.2, 0) is 19.1 Å². The summed E-state index contributed by atoms with van der Waals surface area (Å²) in [5.41, 5.74) is 0. The molecule has 1 unspecified atom stereocenters. The van der Waals surface area contributed by atoms with Crippen LogP contribution in [0.15, 0.2) is 18.3 Å². The van der Waals surface area contributed by atoms with Crippen LogP contribution in [0.1, 0.15) is 39.0 Å². The maximum absolute atomic E-state index is 12.0. The normalized spacial score (nSPS) is 15.9. The van der Waals surface area contributed by atoms with E-state index < -0.39 is 18.0 Å². The van der Waals surface area contributed by atoms with E-state index in [2.05, 4.69) is 15.6 Å². The molecular weight excluding hydrogens is 346 g/mol. The van der Waals surface area contributed by atoms with E-state index in [-0.39, 0.29) is 18.4 Å². The molecule has 1 saturated carbocycles. The minimum Gasteiger partial charge on any atom is -0.451 e. The second-order valence-corrected chi connectivity index (χ2v) is 6.47. The van der Waals surface area contributed by atoms with Gasteiger partial charge in [-0.05, 0) is 31.9 Å². The predicted octanol–water partition coefficient (Wildman–Crippen LogP) is 2.30. The van der Waals surface area contributed by atoms with Gasteiger partial charge >= 0.3 is 5.97 Å². The summed E-state index contributed by atoms with van der Waals surface area (Å²) in [6, 6.07) is 3.13. The summed E-state index contributed by atoms with van der Waals surface area (Å²) in [6.45, 7) is 1.21. The Balaban J connectivity index is 1.72. The molecule has 0 aromatic carbocycles. The van der Waals surface area contributed by atoms with Gasteiger partial charge in [0.25, 0.3) is 5.91 Å². The van der Waals surface area contributed by atoms with Crippen LogP contribution < -0.4 is 10.6 Å². The van der Waals surface area contributed by atoms with Crippen LogP contribution in [0.3, 0.4) is 0 Å². The van der Waals surface area contributed by atoms with Gasteiger partial charge in [-0.3, -0.25) is 14.4 Å². The Kier molecular flexibility index (Phi) is 7.18. The van der Waals surface area contributed by atoms with Crippen LogP contribution >= 0.6 is 11.6 Å². The largest absolute Gasteiger partial charge is 0.451 e. The average molecular weight is 368 g/mol. The minimum atomic E-state index is -1.00. The van der Waals surface area contributed by atoms with Gasteiger partial charge in [0.05, 0.1) is 5.02 Å². The Morgan fingerprint density at radius 3 is 2.64 bits per heavy atom. The highest BCUT2D eigenvalue weighted by Gasteiger charge is 2.23. The summed E-state index contributed by atoms with van der Waals surface area (Å²) >= 11 is 5.72. The van der Waals surface area contributed by atoms with Gasteiger partial charge in [-0.15, -0.1) is 0 Å². The molecule has 0 aliphatic heterocycles. The van der Waals surface area contributed by atoms with Crippen molar-refractivity contribution in [2.24, 2.45) is 5.92 Å². The van der Waals surface area contributed by atoms with Crippen molar-refractivity contribution in [1.82, 2.24) is 10.3 Å². The molecule has 1 heterocycles. The van der Waals surface area contributed by atoms with E-state index in [4.69, 9.17) is 16.3 Å². The predicted molar refractivity (Wildman–Crippen MR) is 93.0 cm³/mol. The number of carbonyl (C=O) groups excluding carboxylic acids is 3. The fourth-order valence-electron chi connectivity index (χ4n) is 2.64. The first kappa shape index (κ1) is 19.2. The number of hydrogen-bond acceptors (Lipinski definition) is 5. The SMILES string of the molecule is CC(OC(=O)CNC(=O)C1CCCCC1)C(=O)Nc1ccc(Cl)cn1. The zero-order chi connectivity index (χ0) is 18.2. The molecule has 8 heteroatoms. The van der Waals surface area contributed by atoms with Crippen molar-refractivity contribution in [3.63, 3.8) is 0 Å². The molecule has 25 heavy (non-hydrogen) atoms. The summed E-state index contributed by atoms with van der Waals surface area (Å²) in [5.74, 6) is -1.02. The lowest BCUT2D eigenvalue weighted by molar-refractivity contribution is -0.153. The lowest BCUT2D eigenvalue weighted by atomic mass is 9.89. The molecule has 136 valence electrons. The maximum Gasteiger partial charge on any atom is 0.326 e. The van der Waals surface area contributed by atoms with E-state index in [1.807, 2.05) is 0 Å². The third-order valence-corrected chi connectivity index (χ3v) is 4.26. The first-order valence-electron chi connectivity index (χ1n) is 8.35. The van der Waals surface area contributed by atoms with Gasteiger partial charge in [-0.1, -0.05) is 30.9 Å². The molecule has 1 aliphatic rings. The fraction of sp³-hybridized carbons (Fsp3) is 0.529. The molecule has 1 fully saturated rings. The Labute approximate surface area is 151 Å². The van der Waals surface area contributed by atoms with Crippen molar-refractivity contribution in [1.29, 1.82) is 0 Å². The number of anilines is 1. The number of esters is 1. The number of amides is 2. The van der Waals surface area contributed by atoms with Gasteiger partial charge in [0, 0.05) is 12.1 Å². The average Bonchev–Trinajstić information content (AvgIpc) is 2.62. The summed E-state index contributed by atoms with van der Waals surface area (Å²) in [6.07, 6.45) is 5.34.